The van der Waals surface area contributed by atoms with E-state index in [0.717, 1.165) is 16.3 Å². The van der Waals surface area contributed by atoms with Crippen molar-refractivity contribution in [1.82, 2.24) is 18.9 Å². The number of pyridine rings is 2. The lowest BCUT2D eigenvalue weighted by atomic mass is 10.0. The molecule has 1 atom stereocenters. The first-order valence-corrected chi connectivity index (χ1v) is 18.1. The molecule has 260 valence electrons. The van der Waals surface area contributed by atoms with Gasteiger partial charge in [0.1, 0.15) is 23.0 Å². The number of rotatable bonds is 15. The summed E-state index contributed by atoms with van der Waals surface area (Å²) >= 11 is 12.2. The number of likely N-dealkylation sites (N-methyl/N-ethyl adjacent to an activating group) is 1. The Morgan fingerprint density at radius 2 is 1.78 bits per heavy atom. The van der Waals surface area contributed by atoms with Crippen LogP contribution in [0.4, 0.5) is 5.88 Å². The number of benzene rings is 2. The summed E-state index contributed by atoms with van der Waals surface area (Å²) < 4.78 is 47.7. The first-order chi connectivity index (χ1) is 23.6. The molecule has 0 N–H and O–H groups in total. The Bertz CT molecular complexity index is 2150. The zero-order valence-corrected chi connectivity index (χ0v) is 29.4. The molecule has 6 rings (SSSR count). The topological polar surface area (TPSA) is 152 Å². The number of nitro groups is 1. The summed E-state index contributed by atoms with van der Waals surface area (Å²) in [6.45, 7) is 2.29. The number of furan rings is 1. The van der Waals surface area contributed by atoms with Gasteiger partial charge in [-0.2, -0.15) is 0 Å². The van der Waals surface area contributed by atoms with Crippen LogP contribution in [-0.4, -0.2) is 76.2 Å². The zero-order chi connectivity index (χ0) is 34.9. The largest absolute Gasteiger partial charge is 0.496 e. The Morgan fingerprint density at radius 3 is 2.43 bits per heavy atom. The van der Waals surface area contributed by atoms with Crippen molar-refractivity contribution in [2.24, 2.45) is 0 Å². The number of hydrogen-bond donors (Lipinski definition) is 0. The van der Waals surface area contributed by atoms with E-state index in [4.69, 9.17) is 51.3 Å². The third kappa shape index (κ3) is 6.56. The molecule has 17 heteroatoms. The first kappa shape index (κ1) is 34.9. The highest BCUT2D eigenvalue weighted by molar-refractivity contribution is 7.53. The van der Waals surface area contributed by atoms with Crippen molar-refractivity contribution in [3.05, 3.63) is 74.4 Å². The van der Waals surface area contributed by atoms with Gasteiger partial charge in [-0.05, 0) is 48.7 Å². The Morgan fingerprint density at radius 1 is 1.04 bits per heavy atom. The molecule has 14 nitrogen and oxygen atoms in total. The normalized spacial score (nSPS) is 14.0. The van der Waals surface area contributed by atoms with E-state index in [0.29, 0.717) is 45.5 Å². The van der Waals surface area contributed by atoms with E-state index in [-0.39, 0.29) is 62.7 Å². The summed E-state index contributed by atoms with van der Waals surface area (Å²) in [4.78, 5) is 29.7. The maximum atomic E-state index is 14.8. The van der Waals surface area contributed by atoms with Crippen LogP contribution in [0.5, 0.6) is 17.2 Å². The van der Waals surface area contributed by atoms with E-state index in [1.54, 1.807) is 41.7 Å². The van der Waals surface area contributed by atoms with Gasteiger partial charge in [-0.15, -0.1) is 23.2 Å². The summed E-state index contributed by atoms with van der Waals surface area (Å²) in [5.41, 5.74) is 1.90. The minimum absolute atomic E-state index is 0.0749. The van der Waals surface area contributed by atoms with Gasteiger partial charge in [0.15, 0.2) is 11.5 Å². The number of aryl methyl sites for hydroxylation is 1. The predicted molar refractivity (Wildman–Crippen MR) is 186 cm³/mol. The molecule has 0 bridgehead atoms. The third-order valence-corrected chi connectivity index (χ3v) is 11.5. The van der Waals surface area contributed by atoms with Crippen molar-refractivity contribution in [2.75, 3.05) is 52.3 Å². The quantitative estimate of drug-likeness (QED) is 0.0378. The minimum Gasteiger partial charge on any atom is -0.496 e. The van der Waals surface area contributed by atoms with Gasteiger partial charge in [0, 0.05) is 61.0 Å². The highest BCUT2D eigenvalue weighted by atomic mass is 35.5. The average molecular weight is 735 g/mol. The highest BCUT2D eigenvalue weighted by Crippen LogP contribution is 2.54. The van der Waals surface area contributed by atoms with Crippen LogP contribution in [0.1, 0.15) is 18.2 Å². The highest BCUT2D eigenvalue weighted by Gasteiger charge is 2.37. The Hall–Kier alpha value is -3.91. The summed E-state index contributed by atoms with van der Waals surface area (Å²) in [5, 5.41) is 13.7. The average Bonchev–Trinajstić information content (AvgIpc) is 3.78. The second-order valence-electron chi connectivity index (χ2n) is 11.2. The molecule has 0 aliphatic carbocycles. The van der Waals surface area contributed by atoms with Gasteiger partial charge in [-0.1, -0.05) is 6.92 Å². The number of nitrogens with zero attached hydrogens (tertiary/aromatic N) is 5. The molecule has 1 unspecified atom stereocenters. The number of fused-ring (bicyclic) bond motifs is 6. The molecular weight excluding hydrogens is 700 g/mol. The number of ether oxygens (including phenoxy) is 3. The third-order valence-electron chi connectivity index (χ3n) is 8.49. The molecule has 0 amide bonds. The van der Waals surface area contributed by atoms with Crippen LogP contribution in [0.2, 0.25) is 0 Å². The number of aromatic nitrogens is 2. The van der Waals surface area contributed by atoms with Crippen molar-refractivity contribution >= 4 is 69.3 Å². The number of hydrogen-bond acceptors (Lipinski definition) is 10. The molecule has 0 fully saturated rings. The lowest BCUT2D eigenvalue weighted by Gasteiger charge is -2.36. The molecule has 5 aromatic rings. The molecule has 49 heavy (non-hydrogen) atoms. The minimum atomic E-state index is -3.89. The van der Waals surface area contributed by atoms with Crippen molar-refractivity contribution in [3.63, 3.8) is 0 Å². The molecule has 0 saturated carbocycles. The van der Waals surface area contributed by atoms with Crippen LogP contribution >= 0.6 is 30.9 Å². The molecule has 2 aromatic carbocycles. The van der Waals surface area contributed by atoms with Crippen molar-refractivity contribution in [2.45, 2.75) is 26.5 Å². The van der Waals surface area contributed by atoms with Crippen molar-refractivity contribution < 1.29 is 32.6 Å². The second-order valence-corrected chi connectivity index (χ2v) is 14.5. The van der Waals surface area contributed by atoms with Crippen LogP contribution in [-0.2, 0) is 28.7 Å². The van der Waals surface area contributed by atoms with Crippen LogP contribution in [0.3, 0.4) is 0 Å². The fourth-order valence-electron chi connectivity index (χ4n) is 6.02. The van der Waals surface area contributed by atoms with E-state index in [1.807, 2.05) is 19.1 Å². The van der Waals surface area contributed by atoms with Gasteiger partial charge in [-0.3, -0.25) is 29.0 Å². The van der Waals surface area contributed by atoms with Crippen LogP contribution in [0, 0.1) is 10.1 Å². The Balaban J connectivity index is 1.46. The van der Waals surface area contributed by atoms with Crippen LogP contribution in [0.15, 0.2) is 51.8 Å². The smallest absolute Gasteiger partial charge is 0.433 e. The lowest BCUT2D eigenvalue weighted by molar-refractivity contribution is -0.402. The standard InChI is InChI=1S/C32H34Cl2N5O9P/c1-4-20-13-22-23(14-27(20)44-3)32(40)38(31-24-15-28-29(46-19-45-28)16-26(24)35-17-25(22)31)12-11-36(2)49(43,37(9-7-33)10-8-34)47-18-21-5-6-30(48-21)39(41)42/h5-6,13-17H,4,7-12,18-19H2,1-3H3. The van der Waals surface area contributed by atoms with Gasteiger partial charge in [0.25, 0.3) is 5.56 Å². The van der Waals surface area contributed by atoms with E-state index < -0.39 is 18.5 Å². The van der Waals surface area contributed by atoms with Gasteiger partial charge in [-0.25, -0.2) is 9.34 Å². The van der Waals surface area contributed by atoms with Crippen molar-refractivity contribution in [3.8, 4) is 17.2 Å². The molecule has 0 saturated heterocycles. The number of alkyl halides is 2. The summed E-state index contributed by atoms with van der Waals surface area (Å²) in [7, 11) is -0.710. The van der Waals surface area contributed by atoms with Gasteiger partial charge in [0.05, 0.1) is 29.6 Å². The monoisotopic (exact) mass is 733 g/mol. The molecule has 1 aliphatic rings. The van der Waals surface area contributed by atoms with E-state index >= 15 is 0 Å². The molecular formula is C32H34Cl2N5O9P. The van der Waals surface area contributed by atoms with Crippen molar-refractivity contribution in [1.29, 1.82) is 0 Å². The van der Waals surface area contributed by atoms with Crippen LogP contribution in [0.25, 0.3) is 32.6 Å². The van der Waals surface area contributed by atoms with Crippen LogP contribution < -0.4 is 19.8 Å². The summed E-state index contributed by atoms with van der Waals surface area (Å²) in [5.74, 6) is 1.62. The molecule has 3 aromatic heterocycles. The lowest BCUT2D eigenvalue weighted by Crippen LogP contribution is -2.36. The SMILES string of the molecule is CCc1cc2c(cc1OC)c(=O)n(CCN(C)P(=O)(OCc1ccc([N+](=O)[O-])o1)N(CCCl)CCCl)c1c3cc4c(cc3ncc21)OCO4. The zero-order valence-electron chi connectivity index (χ0n) is 27.0. The Kier molecular flexibility index (Phi) is 10.4. The van der Waals surface area contributed by atoms with Gasteiger partial charge >= 0.3 is 13.6 Å². The molecule has 0 spiro atoms. The van der Waals surface area contributed by atoms with E-state index in [1.165, 1.54) is 16.8 Å². The molecule has 0 radical (unpaired) electrons. The van der Waals surface area contributed by atoms with E-state index in [2.05, 4.69) is 0 Å². The molecule has 4 heterocycles. The molecule has 1 aliphatic heterocycles. The fraction of sp³-hybridized carbons (Fsp3) is 0.375. The predicted octanol–water partition coefficient (Wildman–Crippen LogP) is 6.54. The van der Waals surface area contributed by atoms with Gasteiger partial charge in [0.2, 0.25) is 6.79 Å². The fourth-order valence-corrected chi connectivity index (χ4v) is 8.80. The van der Waals surface area contributed by atoms with E-state index in [9.17, 15) is 19.5 Å². The second kappa shape index (κ2) is 14.5. The Labute approximate surface area is 290 Å². The summed E-state index contributed by atoms with van der Waals surface area (Å²) in [6.07, 6.45) is 2.43. The first-order valence-electron chi connectivity index (χ1n) is 15.5. The number of methoxy groups -OCH3 is 1. The maximum absolute atomic E-state index is 14.8. The maximum Gasteiger partial charge on any atom is 0.433 e. The summed E-state index contributed by atoms with van der Waals surface area (Å²) in [6, 6.07) is 9.90. The number of halogens is 2. The van der Waals surface area contributed by atoms with Gasteiger partial charge < -0.3 is 23.2 Å².